The number of rotatable bonds is 33. The van der Waals surface area contributed by atoms with Gasteiger partial charge in [0.15, 0.2) is 12.6 Å². The molecule has 2 saturated heterocycles. The lowest BCUT2D eigenvalue weighted by Crippen LogP contribution is -2.61. The van der Waals surface area contributed by atoms with Gasteiger partial charge in [0.1, 0.15) is 54.9 Å². The monoisotopic (exact) mass is 843 g/mol. The lowest BCUT2D eigenvalue weighted by molar-refractivity contribution is -0.332. The summed E-state index contributed by atoms with van der Waals surface area (Å²) >= 11 is 0. The lowest BCUT2D eigenvalue weighted by atomic mass is 9.98. The van der Waals surface area contributed by atoms with Crippen molar-refractivity contribution in [2.45, 2.75) is 197 Å². The Balaban J connectivity index is 1.57. The molecule has 2 rings (SSSR count). The van der Waals surface area contributed by atoms with E-state index < -0.39 is 86.7 Å². The molecule has 2 aliphatic heterocycles. The van der Waals surface area contributed by atoms with Crippen molar-refractivity contribution in [2.24, 2.45) is 0 Å². The van der Waals surface area contributed by atoms with Crippen molar-refractivity contribution in [2.75, 3.05) is 33.0 Å². The number of aliphatic hydroxyl groups is 7. The molecule has 14 heteroatoms. The van der Waals surface area contributed by atoms with Crippen LogP contribution >= 0.6 is 0 Å². The maximum absolute atomic E-state index is 12.3. The zero-order chi connectivity index (χ0) is 43.1. The largest absolute Gasteiger partial charge is 0.457 e. The number of aliphatic hydroxyl groups excluding tert-OH is 7. The number of esters is 1. The summed E-state index contributed by atoms with van der Waals surface area (Å²) in [6.45, 7) is 3.16. The minimum atomic E-state index is -1.70. The van der Waals surface area contributed by atoms with Crippen LogP contribution in [0.3, 0.4) is 0 Å². The van der Waals surface area contributed by atoms with Gasteiger partial charge in [0.25, 0.3) is 0 Å². The van der Waals surface area contributed by atoms with Crippen molar-refractivity contribution in [3.63, 3.8) is 0 Å². The predicted octanol–water partition coefficient (Wildman–Crippen LogP) is 4.84. The van der Waals surface area contributed by atoms with E-state index in [1.807, 2.05) is 6.92 Å². The predicted molar refractivity (Wildman–Crippen MR) is 224 cm³/mol. The van der Waals surface area contributed by atoms with Gasteiger partial charge in [-0.15, -0.1) is 0 Å². The van der Waals surface area contributed by atoms with Gasteiger partial charge in [0, 0.05) is 13.0 Å². The van der Waals surface area contributed by atoms with Crippen molar-refractivity contribution < 1.29 is 69.0 Å². The minimum absolute atomic E-state index is 0.0521. The third-order valence-electron chi connectivity index (χ3n) is 10.3. The van der Waals surface area contributed by atoms with Gasteiger partial charge in [-0.25, -0.2) is 0 Å². The van der Waals surface area contributed by atoms with Crippen molar-refractivity contribution in [3.8, 4) is 0 Å². The summed E-state index contributed by atoms with van der Waals surface area (Å²) in [6, 6.07) is 0. The molecule has 0 spiro atoms. The van der Waals surface area contributed by atoms with Crippen LogP contribution in [0.25, 0.3) is 0 Å². The van der Waals surface area contributed by atoms with Crippen LogP contribution in [-0.2, 0) is 33.2 Å². The summed E-state index contributed by atoms with van der Waals surface area (Å²) in [6.07, 6.45) is 20.9. The Morgan fingerprint density at radius 1 is 0.576 bits per heavy atom. The molecule has 2 fully saturated rings. The highest BCUT2D eigenvalue weighted by Gasteiger charge is 2.47. The molecule has 0 radical (unpaired) electrons. The van der Waals surface area contributed by atoms with E-state index >= 15 is 0 Å². The summed E-state index contributed by atoms with van der Waals surface area (Å²) in [5, 5.41) is 71.3. The van der Waals surface area contributed by atoms with E-state index in [1.54, 1.807) is 0 Å². The first kappa shape index (κ1) is 53.1. The number of ether oxygens (including phenoxy) is 6. The van der Waals surface area contributed by atoms with Crippen molar-refractivity contribution in [3.05, 3.63) is 48.6 Å². The van der Waals surface area contributed by atoms with Gasteiger partial charge in [0.2, 0.25) is 0 Å². The maximum Gasteiger partial charge on any atom is 0.306 e. The Bertz CT molecular complexity index is 1160. The minimum Gasteiger partial charge on any atom is -0.457 e. The lowest BCUT2D eigenvalue weighted by Gasteiger charge is -2.42. The van der Waals surface area contributed by atoms with Crippen LogP contribution in [0.1, 0.15) is 129 Å². The van der Waals surface area contributed by atoms with Crippen LogP contribution in [0.5, 0.6) is 0 Å². The second-order valence-electron chi connectivity index (χ2n) is 15.5. The molecule has 11 unspecified atom stereocenters. The Hall–Kier alpha value is -2.05. The van der Waals surface area contributed by atoms with E-state index in [0.29, 0.717) is 13.0 Å². The van der Waals surface area contributed by atoms with Crippen LogP contribution in [0.4, 0.5) is 0 Å². The summed E-state index contributed by atoms with van der Waals surface area (Å²) in [7, 11) is 0. The first-order chi connectivity index (χ1) is 28.6. The highest BCUT2D eigenvalue weighted by atomic mass is 16.7. The molecule has 14 nitrogen and oxygen atoms in total. The Kier molecular flexibility index (Phi) is 30.2. The second-order valence-corrected chi connectivity index (χ2v) is 15.5. The highest BCUT2D eigenvalue weighted by molar-refractivity contribution is 5.69. The summed E-state index contributed by atoms with van der Waals surface area (Å²) in [5.74, 6) is -0.432. The summed E-state index contributed by atoms with van der Waals surface area (Å²) in [5.41, 5.74) is 0. The quantitative estimate of drug-likeness (QED) is 0.0268. The Morgan fingerprint density at radius 2 is 1.07 bits per heavy atom. The van der Waals surface area contributed by atoms with Crippen LogP contribution < -0.4 is 0 Å². The van der Waals surface area contributed by atoms with Gasteiger partial charge in [0.05, 0.1) is 26.4 Å². The fourth-order valence-corrected chi connectivity index (χ4v) is 6.72. The van der Waals surface area contributed by atoms with Crippen molar-refractivity contribution >= 4 is 5.97 Å². The molecule has 2 heterocycles. The molecule has 0 aliphatic carbocycles. The molecule has 0 aromatic carbocycles. The normalized spacial score (nSPS) is 28.4. The van der Waals surface area contributed by atoms with E-state index in [0.717, 1.165) is 51.4 Å². The fraction of sp³-hybridized carbons (Fsp3) is 0.800. The molecule has 2 aliphatic rings. The maximum atomic E-state index is 12.3. The van der Waals surface area contributed by atoms with E-state index in [4.69, 9.17) is 28.4 Å². The second kappa shape index (κ2) is 33.6. The molecule has 0 amide bonds. The molecule has 7 N–H and O–H groups in total. The Morgan fingerprint density at radius 3 is 1.63 bits per heavy atom. The molecule has 0 aromatic heterocycles. The average Bonchev–Trinajstić information content (AvgIpc) is 3.23. The van der Waals surface area contributed by atoms with Crippen molar-refractivity contribution in [1.29, 1.82) is 0 Å². The highest BCUT2D eigenvalue weighted by Crippen LogP contribution is 2.26. The average molecular weight is 843 g/mol. The van der Waals surface area contributed by atoms with E-state index in [-0.39, 0.29) is 19.6 Å². The number of hydrogen-bond donors (Lipinski definition) is 7. The topological polar surface area (TPSA) is 214 Å². The smallest absolute Gasteiger partial charge is 0.306 e. The standard InChI is InChI=1S/C45H78O14/c1-3-5-6-7-8-9-10-11-12-13-14-15-16-17-18-19-20-21-22-23-24-25-26-27-29-54-31-34(57-37(47)28-4-2)32-55-44-43(53)41(51)39(49)36(59-44)33-56-45-42(52)40(50)38(48)35(30-46)58-45/h5-6,8-9,11-12,14-15,34-36,38-46,48-53H,3-4,7,10,13,16-33H2,1-2H3/b6-5-,9-8-,12-11-,15-14-. The van der Waals surface area contributed by atoms with Crippen LogP contribution in [0.15, 0.2) is 48.6 Å². The van der Waals surface area contributed by atoms with Gasteiger partial charge in [-0.2, -0.15) is 0 Å². The van der Waals surface area contributed by atoms with E-state index in [2.05, 4.69) is 55.5 Å². The number of unbranched alkanes of at least 4 members (excludes halogenated alkanes) is 11. The molecule has 0 aromatic rings. The molecular formula is C45H78O14. The van der Waals surface area contributed by atoms with Gasteiger partial charge >= 0.3 is 5.97 Å². The summed E-state index contributed by atoms with van der Waals surface area (Å²) < 4.78 is 33.6. The van der Waals surface area contributed by atoms with Crippen LogP contribution in [0, 0.1) is 0 Å². The van der Waals surface area contributed by atoms with E-state index in [1.165, 1.54) is 51.4 Å². The van der Waals surface area contributed by atoms with Gasteiger partial charge in [-0.3, -0.25) is 4.79 Å². The van der Waals surface area contributed by atoms with Crippen LogP contribution in [0.2, 0.25) is 0 Å². The molecule has 0 saturated carbocycles. The molecule has 0 bridgehead atoms. The SMILES string of the molecule is CC/C=C\C/C=C\C/C=C\C/C=C\CCCCCCCCCCCCCOCC(COC1OC(COC2OC(CO)C(O)C(O)C2O)C(O)C(O)C1O)OC(=O)CCC. The first-order valence-electron chi connectivity index (χ1n) is 22.2. The zero-order valence-corrected chi connectivity index (χ0v) is 35.7. The van der Waals surface area contributed by atoms with Gasteiger partial charge in [-0.1, -0.05) is 120 Å². The van der Waals surface area contributed by atoms with E-state index in [9.17, 15) is 40.5 Å². The molecule has 11 atom stereocenters. The molecule has 342 valence electrons. The number of hydrogen-bond acceptors (Lipinski definition) is 14. The number of carbonyl (C=O) groups excluding carboxylic acids is 1. The van der Waals surface area contributed by atoms with Crippen molar-refractivity contribution in [1.82, 2.24) is 0 Å². The molecule has 59 heavy (non-hydrogen) atoms. The third kappa shape index (κ3) is 22.6. The van der Waals surface area contributed by atoms with Gasteiger partial charge < -0.3 is 64.2 Å². The summed E-state index contributed by atoms with van der Waals surface area (Å²) in [4.78, 5) is 12.3. The Labute approximate surface area is 352 Å². The third-order valence-corrected chi connectivity index (χ3v) is 10.3. The fourth-order valence-electron chi connectivity index (χ4n) is 6.72. The zero-order valence-electron chi connectivity index (χ0n) is 35.7. The molecular weight excluding hydrogens is 764 g/mol. The number of carbonyl (C=O) groups is 1. The first-order valence-corrected chi connectivity index (χ1v) is 22.2. The van der Waals surface area contributed by atoms with Crippen LogP contribution in [-0.4, -0.2) is 142 Å². The van der Waals surface area contributed by atoms with Gasteiger partial charge in [-0.05, 0) is 51.4 Å². The number of allylic oxidation sites excluding steroid dienone is 8.